The number of nitrogens with one attached hydrogen (secondary N) is 1. The molecule has 0 unspecified atom stereocenters. The highest BCUT2D eigenvalue weighted by molar-refractivity contribution is 7.86. The van der Waals surface area contributed by atoms with E-state index >= 15 is 0 Å². The van der Waals surface area contributed by atoms with E-state index in [0.29, 0.717) is 22.7 Å². The largest absolute Gasteiger partial charge is 0.505 e. The highest BCUT2D eigenvalue weighted by Crippen LogP contribution is 2.42. The third-order valence-corrected chi connectivity index (χ3v) is 5.97. The molecular formula is C24H20N4O6S. The van der Waals surface area contributed by atoms with Gasteiger partial charge in [-0.1, -0.05) is 12.1 Å². The van der Waals surface area contributed by atoms with E-state index in [2.05, 4.69) is 15.5 Å². The molecule has 4 aromatic carbocycles. The number of hydrogen-bond donors (Lipinski definition) is 4. The summed E-state index contributed by atoms with van der Waals surface area (Å²) in [4.78, 5) is 11.9. The number of ether oxygens (including phenoxy) is 1. The first-order valence-electron chi connectivity index (χ1n) is 10.2. The van der Waals surface area contributed by atoms with Gasteiger partial charge in [0.05, 0.1) is 7.11 Å². The summed E-state index contributed by atoms with van der Waals surface area (Å²) in [7, 11) is -3.36. The van der Waals surface area contributed by atoms with Crippen molar-refractivity contribution < 1.29 is 27.6 Å². The van der Waals surface area contributed by atoms with Gasteiger partial charge in [-0.15, -0.1) is 10.2 Å². The molecule has 1 amide bonds. The summed E-state index contributed by atoms with van der Waals surface area (Å²) in [5.41, 5.74) is 6.71. The molecule has 0 heterocycles. The number of phenolic OH excluding ortho intramolecular Hbond substituents is 1. The summed E-state index contributed by atoms with van der Waals surface area (Å²) >= 11 is 0. The second kappa shape index (κ2) is 9.41. The molecule has 0 aromatic heterocycles. The van der Waals surface area contributed by atoms with Gasteiger partial charge in [-0.3, -0.25) is 9.35 Å². The molecule has 0 aliphatic heterocycles. The van der Waals surface area contributed by atoms with E-state index in [1.165, 1.54) is 25.3 Å². The average molecular weight is 493 g/mol. The van der Waals surface area contributed by atoms with Crippen LogP contribution in [0, 0.1) is 0 Å². The number of amides is 1. The fourth-order valence-corrected chi connectivity index (χ4v) is 4.03. The van der Waals surface area contributed by atoms with Gasteiger partial charge in [0.1, 0.15) is 22.0 Å². The zero-order valence-corrected chi connectivity index (χ0v) is 19.2. The molecule has 11 heteroatoms. The number of carbonyl (C=O) groups excluding carboxylic acids is 1. The summed E-state index contributed by atoms with van der Waals surface area (Å²) in [5.74, 6) is -0.539. The van der Waals surface area contributed by atoms with E-state index in [0.717, 1.165) is 6.07 Å². The van der Waals surface area contributed by atoms with Crippen LogP contribution in [0.25, 0.3) is 10.8 Å². The molecular weight excluding hydrogens is 472 g/mol. The number of methoxy groups -OCH3 is 1. The van der Waals surface area contributed by atoms with Crippen molar-refractivity contribution in [2.45, 2.75) is 4.90 Å². The van der Waals surface area contributed by atoms with Crippen LogP contribution >= 0.6 is 0 Å². The van der Waals surface area contributed by atoms with Crippen molar-refractivity contribution in [1.29, 1.82) is 0 Å². The van der Waals surface area contributed by atoms with E-state index < -0.39 is 32.4 Å². The number of nitrogen functional groups attached to an aromatic ring is 1. The topological polar surface area (TPSA) is 164 Å². The Balaban J connectivity index is 1.76. The number of hydrogen-bond acceptors (Lipinski definition) is 8. The lowest BCUT2D eigenvalue weighted by Crippen LogP contribution is -2.11. The number of fused-ring (bicyclic) bond motifs is 1. The van der Waals surface area contributed by atoms with Crippen molar-refractivity contribution in [2.75, 3.05) is 18.2 Å². The van der Waals surface area contributed by atoms with Gasteiger partial charge in [0.15, 0.2) is 5.75 Å². The number of phenols is 1. The van der Waals surface area contributed by atoms with Gasteiger partial charge >= 0.3 is 0 Å². The summed E-state index contributed by atoms with van der Waals surface area (Å²) in [6, 6.07) is 18.5. The van der Waals surface area contributed by atoms with Gasteiger partial charge in [-0.25, -0.2) is 0 Å². The van der Waals surface area contributed by atoms with E-state index in [9.17, 15) is 22.9 Å². The third-order valence-electron chi connectivity index (χ3n) is 5.10. The standard InChI is InChI=1S/C24H20N4O6S/c1-34-20-5-3-2-4-19(20)27-28-22-21(35(31,32)33)13-15-12-17(10-11-18(15)23(22)29)26-24(30)14-6-8-16(25)9-7-14/h2-13,29H,25H2,1H3,(H,26,30)(H,31,32,33). The monoisotopic (exact) mass is 492 g/mol. The molecule has 35 heavy (non-hydrogen) atoms. The number of aromatic hydroxyl groups is 1. The number of anilines is 2. The Morgan fingerprint density at radius 1 is 1.00 bits per heavy atom. The molecule has 0 aliphatic rings. The zero-order chi connectivity index (χ0) is 25.2. The van der Waals surface area contributed by atoms with E-state index in [-0.39, 0.29) is 16.5 Å². The molecule has 10 nitrogen and oxygen atoms in total. The van der Waals surface area contributed by atoms with E-state index in [1.807, 2.05) is 0 Å². The van der Waals surface area contributed by atoms with Crippen molar-refractivity contribution >= 4 is 49.5 Å². The number of rotatable bonds is 6. The lowest BCUT2D eigenvalue weighted by Gasteiger charge is -2.11. The van der Waals surface area contributed by atoms with Crippen LogP contribution in [0.4, 0.5) is 22.7 Å². The van der Waals surface area contributed by atoms with Crippen molar-refractivity contribution in [3.63, 3.8) is 0 Å². The van der Waals surface area contributed by atoms with Crippen LogP contribution < -0.4 is 15.8 Å². The Labute approximate surface area is 200 Å². The smallest absolute Gasteiger partial charge is 0.296 e. The Morgan fingerprint density at radius 2 is 1.71 bits per heavy atom. The summed E-state index contributed by atoms with van der Waals surface area (Å²) in [6.07, 6.45) is 0. The molecule has 0 bridgehead atoms. The minimum atomic E-state index is -4.79. The lowest BCUT2D eigenvalue weighted by molar-refractivity contribution is 0.102. The van der Waals surface area contributed by atoms with Crippen LogP contribution in [0.15, 0.2) is 87.9 Å². The highest BCUT2D eigenvalue weighted by atomic mass is 32.2. The van der Waals surface area contributed by atoms with Gasteiger partial charge in [0.25, 0.3) is 16.0 Å². The Hall–Kier alpha value is -4.48. The molecule has 0 saturated heterocycles. The average Bonchev–Trinajstić information content (AvgIpc) is 2.83. The molecule has 0 fully saturated rings. The highest BCUT2D eigenvalue weighted by Gasteiger charge is 2.22. The molecule has 0 aliphatic carbocycles. The fourth-order valence-electron chi connectivity index (χ4n) is 3.38. The zero-order valence-electron chi connectivity index (χ0n) is 18.3. The Morgan fingerprint density at radius 3 is 2.40 bits per heavy atom. The SMILES string of the molecule is COc1ccccc1N=Nc1c(S(=O)(=O)O)cc2cc(NC(=O)c3ccc(N)cc3)ccc2c1O. The van der Waals surface area contributed by atoms with E-state index in [4.69, 9.17) is 10.5 Å². The summed E-state index contributed by atoms with van der Waals surface area (Å²) < 4.78 is 39.2. The number of nitrogens with two attached hydrogens (primary N) is 1. The maximum Gasteiger partial charge on any atom is 0.296 e. The number of azo groups is 1. The maximum atomic E-state index is 12.5. The number of para-hydroxylation sites is 1. The first-order chi connectivity index (χ1) is 16.7. The van der Waals surface area contributed by atoms with Crippen molar-refractivity contribution in [3.05, 3.63) is 78.4 Å². The van der Waals surface area contributed by atoms with Gasteiger partial charge in [0.2, 0.25) is 0 Å². The van der Waals surface area contributed by atoms with Gasteiger partial charge in [-0.05, 0) is 66.0 Å². The van der Waals surface area contributed by atoms with Crippen molar-refractivity contribution in [2.24, 2.45) is 10.2 Å². The molecule has 0 saturated carbocycles. The van der Waals surface area contributed by atoms with Gasteiger partial charge in [0, 0.05) is 22.3 Å². The second-order valence-electron chi connectivity index (χ2n) is 7.43. The predicted molar refractivity (Wildman–Crippen MR) is 131 cm³/mol. The van der Waals surface area contributed by atoms with Crippen LogP contribution in [0.5, 0.6) is 11.5 Å². The minimum Gasteiger partial charge on any atom is -0.505 e. The summed E-state index contributed by atoms with van der Waals surface area (Å²) in [5, 5.41) is 21.9. The lowest BCUT2D eigenvalue weighted by atomic mass is 10.1. The number of carbonyl (C=O) groups is 1. The van der Waals surface area contributed by atoms with E-state index in [1.54, 1.807) is 48.5 Å². The molecule has 178 valence electrons. The first-order valence-corrected chi connectivity index (χ1v) is 11.6. The maximum absolute atomic E-state index is 12.5. The Kier molecular flexibility index (Phi) is 6.36. The third kappa shape index (κ3) is 5.05. The summed E-state index contributed by atoms with van der Waals surface area (Å²) in [6.45, 7) is 0. The normalized spacial score (nSPS) is 11.6. The van der Waals surface area contributed by atoms with Crippen LogP contribution in [-0.4, -0.2) is 31.1 Å². The molecule has 5 N–H and O–H groups in total. The fraction of sp³-hybridized carbons (Fsp3) is 0.0417. The van der Waals surface area contributed by atoms with Crippen LogP contribution in [0.2, 0.25) is 0 Å². The van der Waals surface area contributed by atoms with Crippen molar-refractivity contribution in [1.82, 2.24) is 0 Å². The van der Waals surface area contributed by atoms with Crippen LogP contribution in [0.1, 0.15) is 10.4 Å². The Bertz CT molecular complexity index is 1570. The molecule has 4 rings (SSSR count). The molecule has 0 radical (unpaired) electrons. The van der Waals surface area contributed by atoms with Gasteiger partial charge < -0.3 is 20.9 Å². The molecule has 4 aromatic rings. The second-order valence-corrected chi connectivity index (χ2v) is 8.82. The van der Waals surface area contributed by atoms with Gasteiger partial charge in [-0.2, -0.15) is 8.42 Å². The minimum absolute atomic E-state index is 0.233. The van der Waals surface area contributed by atoms with Crippen LogP contribution in [0.3, 0.4) is 0 Å². The van der Waals surface area contributed by atoms with Crippen LogP contribution in [-0.2, 0) is 10.1 Å². The number of nitrogens with zero attached hydrogens (tertiary/aromatic N) is 2. The first kappa shape index (κ1) is 23.7. The number of benzene rings is 4. The molecule has 0 spiro atoms. The quantitative estimate of drug-likeness (QED) is 0.166. The molecule has 0 atom stereocenters. The van der Waals surface area contributed by atoms with Crippen molar-refractivity contribution in [3.8, 4) is 11.5 Å². The predicted octanol–water partition coefficient (Wildman–Crippen LogP) is 5.05.